The lowest BCUT2D eigenvalue weighted by Gasteiger charge is -2.22. The molecule has 0 amide bonds. The largest absolute Gasteiger partial charge is 0.352 e. The highest BCUT2D eigenvalue weighted by Crippen LogP contribution is 2.32. The molecule has 1 saturated carbocycles. The predicted molar refractivity (Wildman–Crippen MR) is 94.1 cm³/mol. The van der Waals surface area contributed by atoms with Gasteiger partial charge in [0.05, 0.1) is 6.20 Å². The first kappa shape index (κ1) is 14.9. The van der Waals surface area contributed by atoms with Crippen LogP contribution < -0.4 is 10.9 Å². The van der Waals surface area contributed by atoms with Gasteiger partial charge < -0.3 is 5.32 Å². The van der Waals surface area contributed by atoms with Crippen LogP contribution in [0.1, 0.15) is 49.1 Å². The van der Waals surface area contributed by atoms with Crippen LogP contribution in [0.2, 0.25) is 0 Å². The van der Waals surface area contributed by atoms with Crippen LogP contribution in [0.4, 0.5) is 5.95 Å². The van der Waals surface area contributed by atoms with E-state index in [2.05, 4.69) is 49.7 Å². The van der Waals surface area contributed by atoms with Crippen molar-refractivity contribution in [1.82, 2.24) is 20.2 Å². The standard InChI is InChI=1S/C18H21N5O/c24-17-15-11-20-23-16(15)21-18(22-17)19-10-12-6-8-14(9-7-12)13-4-2-1-3-5-13/h6-9,11,13H,1-5,10H2,(H3,19,20,21,22,23,24). The number of hydrogen-bond donors (Lipinski definition) is 3. The number of fused-ring (bicyclic) bond motifs is 1. The third-order valence-corrected chi connectivity index (χ3v) is 4.84. The molecule has 3 N–H and O–H groups in total. The molecule has 0 atom stereocenters. The third kappa shape index (κ3) is 3.04. The summed E-state index contributed by atoms with van der Waals surface area (Å²) in [6.07, 6.45) is 8.19. The maximum absolute atomic E-state index is 11.9. The van der Waals surface area contributed by atoms with Gasteiger partial charge in [-0.2, -0.15) is 10.1 Å². The zero-order chi connectivity index (χ0) is 16.4. The van der Waals surface area contributed by atoms with Gasteiger partial charge in [0.2, 0.25) is 5.95 Å². The summed E-state index contributed by atoms with van der Waals surface area (Å²) >= 11 is 0. The molecule has 0 saturated heterocycles. The van der Waals surface area contributed by atoms with Crippen molar-refractivity contribution in [1.29, 1.82) is 0 Å². The smallest absolute Gasteiger partial charge is 0.263 e. The molecule has 2 aromatic heterocycles. The minimum atomic E-state index is -0.191. The van der Waals surface area contributed by atoms with Gasteiger partial charge in [0.15, 0.2) is 5.65 Å². The molecule has 1 aliphatic carbocycles. The van der Waals surface area contributed by atoms with Gasteiger partial charge >= 0.3 is 0 Å². The highest BCUT2D eigenvalue weighted by atomic mass is 16.1. The van der Waals surface area contributed by atoms with Crippen LogP contribution in [0.25, 0.3) is 11.0 Å². The summed E-state index contributed by atoms with van der Waals surface area (Å²) in [6, 6.07) is 8.79. The normalized spacial score (nSPS) is 15.7. The Bertz CT molecular complexity index is 874. The summed E-state index contributed by atoms with van der Waals surface area (Å²) in [5.41, 5.74) is 2.92. The van der Waals surface area contributed by atoms with Crippen molar-refractivity contribution in [3.63, 3.8) is 0 Å². The number of anilines is 1. The van der Waals surface area contributed by atoms with Gasteiger partial charge in [-0.1, -0.05) is 43.5 Å². The van der Waals surface area contributed by atoms with Crippen LogP contribution >= 0.6 is 0 Å². The number of aromatic nitrogens is 4. The van der Waals surface area contributed by atoms with Gasteiger partial charge in [-0.3, -0.25) is 14.9 Å². The van der Waals surface area contributed by atoms with Gasteiger partial charge in [0.25, 0.3) is 5.56 Å². The topological polar surface area (TPSA) is 86.5 Å². The molecular weight excluding hydrogens is 302 g/mol. The number of hydrogen-bond acceptors (Lipinski definition) is 4. The molecule has 1 aliphatic rings. The number of nitrogens with one attached hydrogen (secondary N) is 3. The van der Waals surface area contributed by atoms with E-state index in [-0.39, 0.29) is 5.56 Å². The minimum Gasteiger partial charge on any atom is -0.352 e. The van der Waals surface area contributed by atoms with Crippen LogP contribution in [0, 0.1) is 0 Å². The quantitative estimate of drug-likeness (QED) is 0.687. The molecule has 124 valence electrons. The van der Waals surface area contributed by atoms with E-state index in [9.17, 15) is 4.79 Å². The van der Waals surface area contributed by atoms with Crippen LogP contribution in [0.5, 0.6) is 0 Å². The fourth-order valence-corrected chi connectivity index (χ4v) is 3.46. The molecule has 3 aromatic rings. The Balaban J connectivity index is 1.44. The lowest BCUT2D eigenvalue weighted by atomic mass is 9.84. The maximum Gasteiger partial charge on any atom is 0.263 e. The van der Waals surface area contributed by atoms with Gasteiger partial charge in [-0.05, 0) is 29.9 Å². The monoisotopic (exact) mass is 323 g/mol. The first-order chi connectivity index (χ1) is 11.8. The lowest BCUT2D eigenvalue weighted by molar-refractivity contribution is 0.443. The Morgan fingerprint density at radius 2 is 1.92 bits per heavy atom. The molecule has 6 heteroatoms. The van der Waals surface area contributed by atoms with Gasteiger partial charge in [-0.15, -0.1) is 0 Å². The van der Waals surface area contributed by atoms with Crippen LogP contribution in [-0.4, -0.2) is 20.2 Å². The Labute approximate surface area is 139 Å². The molecule has 2 heterocycles. The second-order valence-electron chi connectivity index (χ2n) is 6.48. The van der Waals surface area contributed by atoms with E-state index in [1.54, 1.807) is 0 Å². The molecule has 0 aliphatic heterocycles. The number of nitrogens with zero attached hydrogens (tertiary/aromatic N) is 2. The number of benzene rings is 1. The molecule has 24 heavy (non-hydrogen) atoms. The Hall–Kier alpha value is -2.63. The fraction of sp³-hybridized carbons (Fsp3) is 0.389. The molecule has 0 spiro atoms. The van der Waals surface area contributed by atoms with Crippen LogP contribution in [0.15, 0.2) is 35.3 Å². The predicted octanol–water partition coefficient (Wildman–Crippen LogP) is 3.31. The minimum absolute atomic E-state index is 0.191. The Morgan fingerprint density at radius 3 is 2.71 bits per heavy atom. The van der Waals surface area contributed by atoms with E-state index in [4.69, 9.17) is 0 Å². The zero-order valence-corrected chi connectivity index (χ0v) is 13.5. The molecule has 0 bridgehead atoms. The number of aromatic amines is 2. The van der Waals surface area contributed by atoms with E-state index >= 15 is 0 Å². The van der Waals surface area contributed by atoms with E-state index in [0.29, 0.717) is 23.5 Å². The summed E-state index contributed by atoms with van der Waals surface area (Å²) in [5.74, 6) is 1.18. The first-order valence-electron chi connectivity index (χ1n) is 8.56. The molecule has 1 fully saturated rings. The number of rotatable bonds is 4. The highest BCUT2D eigenvalue weighted by Gasteiger charge is 2.15. The Kier molecular flexibility index (Phi) is 4.02. The third-order valence-electron chi connectivity index (χ3n) is 4.84. The lowest BCUT2D eigenvalue weighted by Crippen LogP contribution is -2.12. The summed E-state index contributed by atoms with van der Waals surface area (Å²) in [6.45, 7) is 0.619. The van der Waals surface area contributed by atoms with Crippen molar-refractivity contribution < 1.29 is 0 Å². The van der Waals surface area contributed by atoms with Crippen molar-refractivity contribution in [3.05, 3.63) is 51.9 Å². The first-order valence-corrected chi connectivity index (χ1v) is 8.56. The summed E-state index contributed by atoms with van der Waals surface area (Å²) in [7, 11) is 0. The van der Waals surface area contributed by atoms with Crippen molar-refractivity contribution in [2.24, 2.45) is 0 Å². The summed E-state index contributed by atoms with van der Waals surface area (Å²) in [5, 5.41) is 10.2. The van der Waals surface area contributed by atoms with E-state index in [1.165, 1.54) is 49.4 Å². The molecule has 1 aromatic carbocycles. The SMILES string of the molecule is O=c1[nH]c(NCc2ccc(C3CCCCC3)cc2)nc2[nH]ncc12. The average molecular weight is 323 g/mol. The summed E-state index contributed by atoms with van der Waals surface area (Å²) < 4.78 is 0. The zero-order valence-electron chi connectivity index (χ0n) is 13.5. The van der Waals surface area contributed by atoms with Gasteiger partial charge in [0, 0.05) is 6.54 Å². The molecule has 0 unspecified atom stereocenters. The van der Waals surface area contributed by atoms with Gasteiger partial charge in [0.1, 0.15) is 5.39 Å². The number of H-pyrrole nitrogens is 2. The van der Waals surface area contributed by atoms with Crippen molar-refractivity contribution in [3.8, 4) is 0 Å². The van der Waals surface area contributed by atoms with Crippen molar-refractivity contribution in [2.75, 3.05) is 5.32 Å². The summed E-state index contributed by atoms with van der Waals surface area (Å²) in [4.78, 5) is 18.9. The van der Waals surface area contributed by atoms with E-state index < -0.39 is 0 Å². The average Bonchev–Trinajstić information content (AvgIpc) is 3.10. The molecular formula is C18H21N5O. The molecule has 0 radical (unpaired) electrons. The van der Waals surface area contributed by atoms with Gasteiger partial charge in [-0.25, -0.2) is 0 Å². The van der Waals surface area contributed by atoms with E-state index in [0.717, 1.165) is 5.92 Å². The molecule has 6 nitrogen and oxygen atoms in total. The van der Waals surface area contributed by atoms with Crippen LogP contribution in [0.3, 0.4) is 0 Å². The van der Waals surface area contributed by atoms with Crippen LogP contribution in [-0.2, 0) is 6.54 Å². The fourth-order valence-electron chi connectivity index (χ4n) is 3.46. The Morgan fingerprint density at radius 1 is 1.12 bits per heavy atom. The maximum atomic E-state index is 11.9. The second kappa shape index (κ2) is 6.47. The molecule has 4 rings (SSSR count). The van der Waals surface area contributed by atoms with E-state index in [1.807, 2.05) is 0 Å². The van der Waals surface area contributed by atoms with Crippen molar-refractivity contribution >= 4 is 17.0 Å². The van der Waals surface area contributed by atoms with Crippen molar-refractivity contribution in [2.45, 2.75) is 44.6 Å². The highest BCUT2D eigenvalue weighted by molar-refractivity contribution is 5.73. The second-order valence-corrected chi connectivity index (χ2v) is 6.48.